The molecule has 8 nitrogen and oxygen atoms in total. The van der Waals surface area contributed by atoms with E-state index >= 15 is 0 Å². The van der Waals surface area contributed by atoms with Gasteiger partial charge < -0.3 is 24.8 Å². The highest BCUT2D eigenvalue weighted by molar-refractivity contribution is 7.17. The number of thiophene rings is 1. The standard InChI is InChI=1S/C24H21ClN2O6S/c1-32-17-5-3-4-16(20(17)33-2)23(29)27-11-10-15-18(12-27)34-22(19(15)24(30)31)26-21(28)13-6-8-14(25)9-7-13/h3-9H,10-12H2,1-2H3,(H,26,28)(H,30,31). The number of anilines is 1. The van der Waals surface area contributed by atoms with Crippen molar-refractivity contribution in [3.63, 3.8) is 0 Å². The summed E-state index contributed by atoms with van der Waals surface area (Å²) in [5.74, 6) is -1.03. The average Bonchev–Trinajstić information content (AvgIpc) is 3.20. The number of fused-ring (bicyclic) bond motifs is 1. The van der Waals surface area contributed by atoms with Crippen LogP contribution in [0.2, 0.25) is 5.02 Å². The Morgan fingerprint density at radius 1 is 1.09 bits per heavy atom. The summed E-state index contributed by atoms with van der Waals surface area (Å²) in [4.78, 5) is 40.3. The van der Waals surface area contributed by atoms with Gasteiger partial charge in [-0.25, -0.2) is 4.79 Å². The number of carboxylic acids is 1. The monoisotopic (exact) mass is 500 g/mol. The fraction of sp³-hybridized carbons (Fsp3) is 0.208. The third-order valence-electron chi connectivity index (χ3n) is 5.52. The topological polar surface area (TPSA) is 105 Å². The number of carbonyl (C=O) groups excluding carboxylic acids is 2. The van der Waals surface area contributed by atoms with Crippen LogP contribution in [0, 0.1) is 0 Å². The fourth-order valence-electron chi connectivity index (χ4n) is 3.89. The van der Waals surface area contributed by atoms with Gasteiger partial charge in [-0.3, -0.25) is 9.59 Å². The van der Waals surface area contributed by atoms with Crippen LogP contribution in [0.15, 0.2) is 42.5 Å². The van der Waals surface area contributed by atoms with Gasteiger partial charge >= 0.3 is 5.97 Å². The molecule has 1 aromatic heterocycles. The molecule has 3 aromatic rings. The highest BCUT2D eigenvalue weighted by Gasteiger charge is 2.32. The number of amides is 2. The second-order valence-corrected chi connectivity index (χ2v) is 9.03. The molecule has 0 saturated carbocycles. The Morgan fingerprint density at radius 2 is 1.82 bits per heavy atom. The first kappa shape index (κ1) is 23.6. The van der Waals surface area contributed by atoms with Crippen LogP contribution in [-0.4, -0.2) is 48.6 Å². The predicted octanol–water partition coefficient (Wildman–Crippen LogP) is 4.57. The summed E-state index contributed by atoms with van der Waals surface area (Å²) in [5, 5.41) is 13.3. The number of para-hydroxylation sites is 1. The van der Waals surface area contributed by atoms with Crippen LogP contribution in [0.5, 0.6) is 11.5 Å². The van der Waals surface area contributed by atoms with E-state index in [4.69, 9.17) is 21.1 Å². The van der Waals surface area contributed by atoms with Crippen LogP contribution >= 0.6 is 22.9 Å². The zero-order chi connectivity index (χ0) is 24.4. The van der Waals surface area contributed by atoms with Gasteiger partial charge in [-0.2, -0.15) is 0 Å². The normalized spacial score (nSPS) is 12.6. The molecule has 0 atom stereocenters. The van der Waals surface area contributed by atoms with E-state index in [1.165, 1.54) is 14.2 Å². The molecular formula is C24H21ClN2O6S. The van der Waals surface area contributed by atoms with Gasteiger partial charge in [0.05, 0.1) is 31.9 Å². The zero-order valence-electron chi connectivity index (χ0n) is 18.4. The first-order valence-electron chi connectivity index (χ1n) is 10.3. The Kier molecular flexibility index (Phi) is 6.76. The SMILES string of the molecule is COc1cccc(C(=O)N2CCc3c(sc(NC(=O)c4ccc(Cl)cc4)c3C(=O)O)C2)c1OC. The van der Waals surface area contributed by atoms with E-state index in [1.54, 1.807) is 47.4 Å². The van der Waals surface area contributed by atoms with Crippen LogP contribution in [0.25, 0.3) is 0 Å². The van der Waals surface area contributed by atoms with Crippen molar-refractivity contribution in [1.82, 2.24) is 4.90 Å². The van der Waals surface area contributed by atoms with Crippen molar-refractivity contribution in [2.45, 2.75) is 13.0 Å². The van der Waals surface area contributed by atoms with Crippen LogP contribution < -0.4 is 14.8 Å². The number of rotatable bonds is 6. The lowest BCUT2D eigenvalue weighted by atomic mass is 10.0. The van der Waals surface area contributed by atoms with Crippen molar-refractivity contribution in [2.75, 3.05) is 26.1 Å². The minimum atomic E-state index is -1.13. The number of halogens is 1. The van der Waals surface area contributed by atoms with Crippen LogP contribution in [-0.2, 0) is 13.0 Å². The Hall–Kier alpha value is -3.56. The maximum absolute atomic E-state index is 13.3. The summed E-state index contributed by atoms with van der Waals surface area (Å²) in [7, 11) is 2.97. The van der Waals surface area contributed by atoms with E-state index in [9.17, 15) is 19.5 Å². The molecule has 34 heavy (non-hydrogen) atoms. The summed E-state index contributed by atoms with van der Waals surface area (Å²) in [6.07, 6.45) is 0.350. The minimum absolute atomic E-state index is 0.0633. The molecule has 0 radical (unpaired) electrons. The number of benzene rings is 2. The number of carboxylic acid groups (broad SMARTS) is 1. The first-order valence-corrected chi connectivity index (χ1v) is 11.5. The predicted molar refractivity (Wildman–Crippen MR) is 129 cm³/mol. The molecule has 2 aromatic carbocycles. The second kappa shape index (κ2) is 9.74. The summed E-state index contributed by atoms with van der Waals surface area (Å²) in [5.41, 5.74) is 1.41. The van der Waals surface area contributed by atoms with Gasteiger partial charge in [0.1, 0.15) is 5.00 Å². The van der Waals surface area contributed by atoms with Crippen molar-refractivity contribution in [1.29, 1.82) is 0 Å². The number of nitrogens with one attached hydrogen (secondary N) is 1. The van der Waals surface area contributed by atoms with Gasteiger partial charge in [0.2, 0.25) is 0 Å². The molecule has 0 aliphatic carbocycles. The van der Waals surface area contributed by atoms with Crippen molar-refractivity contribution in [3.05, 3.63) is 74.6 Å². The molecule has 1 aliphatic rings. The van der Waals surface area contributed by atoms with Crippen molar-refractivity contribution in [3.8, 4) is 11.5 Å². The summed E-state index contributed by atoms with van der Waals surface area (Å²) in [6, 6.07) is 11.4. The van der Waals surface area contributed by atoms with Crippen molar-refractivity contribution >= 4 is 45.7 Å². The zero-order valence-corrected chi connectivity index (χ0v) is 20.0. The van der Waals surface area contributed by atoms with E-state index in [0.717, 1.165) is 11.3 Å². The Bertz CT molecular complexity index is 1270. The lowest BCUT2D eigenvalue weighted by Crippen LogP contribution is -2.36. The second-order valence-electron chi connectivity index (χ2n) is 7.49. The highest BCUT2D eigenvalue weighted by atomic mass is 35.5. The maximum atomic E-state index is 13.3. The number of carbonyl (C=O) groups is 3. The van der Waals surface area contributed by atoms with Crippen LogP contribution in [0.4, 0.5) is 5.00 Å². The smallest absolute Gasteiger partial charge is 0.339 e. The molecule has 0 spiro atoms. The van der Waals surface area contributed by atoms with E-state index in [2.05, 4.69) is 5.32 Å². The van der Waals surface area contributed by atoms with Gasteiger partial charge in [0.25, 0.3) is 11.8 Å². The fourth-order valence-corrected chi connectivity index (χ4v) is 5.27. The van der Waals surface area contributed by atoms with Gasteiger partial charge in [0.15, 0.2) is 11.5 Å². The Morgan fingerprint density at radius 3 is 2.47 bits per heavy atom. The Balaban J connectivity index is 1.61. The van der Waals surface area contributed by atoms with Gasteiger partial charge in [-0.15, -0.1) is 11.3 Å². The molecule has 2 amide bonds. The van der Waals surface area contributed by atoms with Gasteiger partial charge in [-0.1, -0.05) is 17.7 Å². The van der Waals surface area contributed by atoms with E-state index < -0.39 is 11.9 Å². The van der Waals surface area contributed by atoms with Crippen molar-refractivity contribution < 1.29 is 29.0 Å². The molecule has 1 aliphatic heterocycles. The van der Waals surface area contributed by atoms with E-state index in [0.29, 0.717) is 51.1 Å². The van der Waals surface area contributed by atoms with Crippen LogP contribution in [0.3, 0.4) is 0 Å². The Labute approximate surface area is 204 Å². The molecular weight excluding hydrogens is 480 g/mol. The number of methoxy groups -OCH3 is 2. The third kappa shape index (κ3) is 4.44. The minimum Gasteiger partial charge on any atom is -0.493 e. The molecule has 2 heterocycles. The quantitative estimate of drug-likeness (QED) is 0.513. The number of nitrogens with zero attached hydrogens (tertiary/aromatic N) is 1. The number of ether oxygens (including phenoxy) is 2. The van der Waals surface area contributed by atoms with E-state index in [-0.39, 0.29) is 23.0 Å². The molecule has 2 N–H and O–H groups in total. The van der Waals surface area contributed by atoms with Gasteiger partial charge in [0, 0.05) is 22.0 Å². The summed E-state index contributed by atoms with van der Waals surface area (Å²) < 4.78 is 10.7. The average molecular weight is 501 g/mol. The molecule has 0 bridgehead atoms. The largest absolute Gasteiger partial charge is 0.493 e. The number of aromatic carboxylic acids is 1. The maximum Gasteiger partial charge on any atom is 0.339 e. The lowest BCUT2D eigenvalue weighted by Gasteiger charge is -2.28. The van der Waals surface area contributed by atoms with Crippen LogP contribution in [0.1, 0.15) is 41.5 Å². The number of hydrogen-bond donors (Lipinski definition) is 2. The summed E-state index contributed by atoms with van der Waals surface area (Å²) >= 11 is 7.04. The molecule has 10 heteroatoms. The molecule has 0 unspecified atom stereocenters. The highest BCUT2D eigenvalue weighted by Crippen LogP contribution is 2.39. The van der Waals surface area contributed by atoms with E-state index in [1.807, 2.05) is 0 Å². The number of hydrogen-bond acceptors (Lipinski definition) is 6. The molecule has 0 saturated heterocycles. The summed E-state index contributed by atoms with van der Waals surface area (Å²) in [6.45, 7) is 0.546. The lowest BCUT2D eigenvalue weighted by molar-refractivity contribution is 0.0696. The first-order chi connectivity index (χ1) is 16.3. The van der Waals surface area contributed by atoms with Crippen molar-refractivity contribution in [2.24, 2.45) is 0 Å². The molecule has 4 rings (SSSR count). The molecule has 176 valence electrons. The van der Waals surface area contributed by atoms with Gasteiger partial charge in [-0.05, 0) is 48.4 Å². The third-order valence-corrected chi connectivity index (χ3v) is 6.91. The molecule has 0 fully saturated rings.